The molecule has 0 saturated carbocycles. The van der Waals surface area contributed by atoms with Gasteiger partial charge in [-0.1, -0.05) is 48.9 Å². The van der Waals surface area contributed by atoms with E-state index in [1.807, 2.05) is 19.1 Å². The molecular weight excluding hydrogens is 472 g/mol. The van der Waals surface area contributed by atoms with Crippen LogP contribution in [-0.2, 0) is 9.53 Å². The summed E-state index contributed by atoms with van der Waals surface area (Å²) in [6.45, 7) is 4.40. The van der Waals surface area contributed by atoms with E-state index in [4.69, 9.17) is 21.1 Å². The Morgan fingerprint density at radius 3 is 2.56 bits per heavy atom. The number of nitrogens with one attached hydrogen (secondary N) is 1. The molecule has 0 bridgehead atoms. The van der Waals surface area contributed by atoms with Crippen molar-refractivity contribution in [1.29, 1.82) is 5.26 Å². The average molecular weight is 495 g/mol. The van der Waals surface area contributed by atoms with E-state index in [-0.39, 0.29) is 17.7 Å². The Morgan fingerprint density at radius 2 is 1.88 bits per heavy atom. The van der Waals surface area contributed by atoms with Crippen molar-refractivity contribution in [3.05, 3.63) is 75.6 Å². The van der Waals surface area contributed by atoms with Gasteiger partial charge in [-0.3, -0.25) is 4.79 Å². The zero-order valence-electron chi connectivity index (χ0n) is 18.8. The molecule has 34 heavy (non-hydrogen) atoms. The number of hydrogen-bond acceptors (Lipinski definition) is 6. The molecule has 3 rings (SSSR count). The number of ether oxygens (including phenoxy) is 2. The molecule has 2 aromatic carbocycles. The molecule has 174 valence electrons. The molecule has 8 heteroatoms. The van der Waals surface area contributed by atoms with Crippen LogP contribution in [0.5, 0.6) is 5.75 Å². The molecule has 1 N–H and O–H groups in total. The number of carbonyl (C=O) groups excluding carboxylic acids is 2. The van der Waals surface area contributed by atoms with E-state index in [9.17, 15) is 14.9 Å². The van der Waals surface area contributed by atoms with E-state index in [1.165, 1.54) is 17.4 Å². The van der Waals surface area contributed by atoms with Crippen LogP contribution in [0.3, 0.4) is 0 Å². The van der Waals surface area contributed by atoms with Gasteiger partial charge >= 0.3 is 5.97 Å². The Labute approximate surface area is 207 Å². The predicted octanol–water partition coefficient (Wildman–Crippen LogP) is 6.58. The summed E-state index contributed by atoms with van der Waals surface area (Å²) in [7, 11) is 0. The Hall–Kier alpha value is -3.60. The van der Waals surface area contributed by atoms with E-state index >= 15 is 0 Å². The van der Waals surface area contributed by atoms with Crippen molar-refractivity contribution in [3.8, 4) is 22.9 Å². The van der Waals surface area contributed by atoms with Gasteiger partial charge in [0.15, 0.2) is 0 Å². The number of nitrogens with zero attached hydrogens (tertiary/aromatic N) is 1. The molecule has 0 fully saturated rings. The summed E-state index contributed by atoms with van der Waals surface area (Å²) in [6, 6.07) is 16.1. The summed E-state index contributed by atoms with van der Waals surface area (Å²) in [4.78, 5) is 25.7. The molecule has 0 saturated heterocycles. The number of thiophene rings is 1. The Balaban J connectivity index is 1.94. The lowest BCUT2D eigenvalue weighted by Gasteiger charge is -2.10. The third-order valence-electron chi connectivity index (χ3n) is 4.70. The van der Waals surface area contributed by atoms with Gasteiger partial charge in [0.05, 0.1) is 13.2 Å². The second-order valence-electron chi connectivity index (χ2n) is 7.09. The van der Waals surface area contributed by atoms with Gasteiger partial charge in [-0.15, -0.1) is 11.3 Å². The molecule has 0 unspecified atom stereocenters. The fourth-order valence-corrected chi connectivity index (χ4v) is 4.19. The van der Waals surface area contributed by atoms with Crippen LogP contribution in [-0.4, -0.2) is 25.1 Å². The minimum absolute atomic E-state index is 0.121. The molecule has 0 spiro atoms. The van der Waals surface area contributed by atoms with Crippen LogP contribution in [0.15, 0.2) is 59.5 Å². The normalized spacial score (nSPS) is 10.9. The zero-order valence-corrected chi connectivity index (χ0v) is 20.3. The molecule has 0 aliphatic rings. The molecule has 0 radical (unpaired) electrons. The minimum atomic E-state index is -0.636. The monoisotopic (exact) mass is 494 g/mol. The van der Waals surface area contributed by atoms with E-state index in [0.717, 1.165) is 12.0 Å². The SMILES string of the molecule is CCCOc1ccccc1C=C(C#N)C(=O)Nc1scc(-c2ccc(Cl)cc2)c1C(=O)OCC. The Morgan fingerprint density at radius 1 is 1.15 bits per heavy atom. The number of esters is 1. The molecule has 0 atom stereocenters. The van der Waals surface area contributed by atoms with Crippen LogP contribution in [0.4, 0.5) is 5.00 Å². The van der Waals surface area contributed by atoms with E-state index in [0.29, 0.717) is 33.5 Å². The molecule has 1 heterocycles. The van der Waals surface area contributed by atoms with Crippen LogP contribution in [0, 0.1) is 11.3 Å². The molecule has 6 nitrogen and oxygen atoms in total. The fourth-order valence-electron chi connectivity index (χ4n) is 3.12. The van der Waals surface area contributed by atoms with Gasteiger partial charge in [-0.05, 0) is 43.2 Å². The van der Waals surface area contributed by atoms with Gasteiger partial charge in [0.25, 0.3) is 5.91 Å². The van der Waals surface area contributed by atoms with Crippen LogP contribution in [0.25, 0.3) is 17.2 Å². The third-order valence-corrected chi connectivity index (χ3v) is 5.85. The number of para-hydroxylation sites is 1. The standard InChI is InChI=1S/C26H23ClN2O4S/c1-3-13-33-22-8-6-5-7-18(22)14-19(15-28)24(30)29-25-23(26(31)32-4-2)21(16-34-25)17-9-11-20(27)12-10-17/h5-12,14,16H,3-4,13H2,1-2H3,(H,29,30). The Bertz CT molecular complexity index is 1240. The largest absolute Gasteiger partial charge is 0.493 e. The van der Waals surface area contributed by atoms with Crippen LogP contribution >= 0.6 is 22.9 Å². The topological polar surface area (TPSA) is 88.4 Å². The number of rotatable bonds is 9. The zero-order chi connectivity index (χ0) is 24.5. The summed E-state index contributed by atoms with van der Waals surface area (Å²) in [5.41, 5.74) is 2.08. The number of carbonyl (C=O) groups is 2. The number of anilines is 1. The number of nitriles is 1. The highest BCUT2D eigenvalue weighted by molar-refractivity contribution is 7.15. The lowest BCUT2D eigenvalue weighted by atomic mass is 10.0. The maximum atomic E-state index is 13.0. The predicted molar refractivity (Wildman–Crippen MR) is 135 cm³/mol. The third kappa shape index (κ3) is 6.04. The summed E-state index contributed by atoms with van der Waals surface area (Å²) in [6.07, 6.45) is 2.30. The lowest BCUT2D eigenvalue weighted by molar-refractivity contribution is -0.112. The molecular formula is C26H23ClN2O4S. The summed E-state index contributed by atoms with van der Waals surface area (Å²) in [5.74, 6) is -0.620. The van der Waals surface area contributed by atoms with Gasteiger partial charge in [0, 0.05) is 21.5 Å². The molecule has 1 amide bonds. The van der Waals surface area contributed by atoms with E-state index < -0.39 is 11.9 Å². The number of hydrogen-bond donors (Lipinski definition) is 1. The average Bonchev–Trinajstić information content (AvgIpc) is 3.25. The molecule has 0 aliphatic carbocycles. The van der Waals surface area contributed by atoms with E-state index in [2.05, 4.69) is 5.32 Å². The first-order chi connectivity index (χ1) is 16.5. The fraction of sp³-hybridized carbons (Fsp3) is 0.192. The van der Waals surface area contributed by atoms with Crippen molar-refractivity contribution < 1.29 is 19.1 Å². The minimum Gasteiger partial charge on any atom is -0.493 e. The number of benzene rings is 2. The van der Waals surface area contributed by atoms with Gasteiger partial charge in [-0.25, -0.2) is 4.79 Å². The first kappa shape index (κ1) is 25.0. The summed E-state index contributed by atoms with van der Waals surface area (Å²) in [5, 5.41) is 15.0. The molecule has 3 aromatic rings. The smallest absolute Gasteiger partial charge is 0.341 e. The van der Waals surface area contributed by atoms with Crippen molar-refractivity contribution >= 4 is 45.9 Å². The summed E-state index contributed by atoms with van der Waals surface area (Å²) >= 11 is 7.17. The van der Waals surface area contributed by atoms with Crippen molar-refractivity contribution in [3.63, 3.8) is 0 Å². The van der Waals surface area contributed by atoms with Gasteiger partial charge < -0.3 is 14.8 Å². The van der Waals surface area contributed by atoms with Gasteiger partial charge in [0.2, 0.25) is 0 Å². The molecule has 0 aliphatic heterocycles. The molecule has 1 aromatic heterocycles. The second-order valence-corrected chi connectivity index (χ2v) is 8.41. The highest BCUT2D eigenvalue weighted by Gasteiger charge is 2.24. The number of amides is 1. The van der Waals surface area contributed by atoms with Crippen molar-refractivity contribution in [2.45, 2.75) is 20.3 Å². The summed E-state index contributed by atoms with van der Waals surface area (Å²) < 4.78 is 10.9. The first-order valence-corrected chi connectivity index (χ1v) is 11.9. The second kappa shape index (κ2) is 12.0. The van der Waals surface area contributed by atoms with E-state index in [1.54, 1.807) is 54.8 Å². The van der Waals surface area contributed by atoms with Crippen LogP contribution in [0.1, 0.15) is 36.2 Å². The van der Waals surface area contributed by atoms with Gasteiger partial charge in [-0.2, -0.15) is 5.26 Å². The quantitative estimate of drug-likeness (QED) is 0.206. The van der Waals surface area contributed by atoms with Crippen molar-refractivity contribution in [2.75, 3.05) is 18.5 Å². The lowest BCUT2D eigenvalue weighted by Crippen LogP contribution is -2.16. The highest BCUT2D eigenvalue weighted by Crippen LogP contribution is 2.37. The first-order valence-electron chi connectivity index (χ1n) is 10.7. The maximum Gasteiger partial charge on any atom is 0.341 e. The van der Waals surface area contributed by atoms with Crippen molar-refractivity contribution in [1.82, 2.24) is 0 Å². The van der Waals surface area contributed by atoms with Crippen LogP contribution in [0.2, 0.25) is 5.02 Å². The maximum absolute atomic E-state index is 13.0. The Kier molecular flexibility index (Phi) is 8.86. The number of halogens is 1. The van der Waals surface area contributed by atoms with Crippen molar-refractivity contribution in [2.24, 2.45) is 0 Å². The van der Waals surface area contributed by atoms with Gasteiger partial charge in [0.1, 0.15) is 28.0 Å². The van der Waals surface area contributed by atoms with Crippen LogP contribution < -0.4 is 10.1 Å². The highest BCUT2D eigenvalue weighted by atomic mass is 35.5.